The predicted molar refractivity (Wildman–Crippen MR) is 93.7 cm³/mol. The maximum absolute atomic E-state index is 12.6. The summed E-state index contributed by atoms with van der Waals surface area (Å²) in [4.78, 5) is 12.6. The lowest BCUT2D eigenvalue weighted by Crippen LogP contribution is -2.09. The van der Waals surface area contributed by atoms with Crippen molar-refractivity contribution >= 4 is 17.5 Å². The number of rotatable bonds is 9. The van der Waals surface area contributed by atoms with Crippen LogP contribution < -0.4 is 0 Å². The van der Waals surface area contributed by atoms with Crippen molar-refractivity contribution in [3.05, 3.63) is 23.0 Å². The molecular weight excluding hydrogens is 326 g/mol. The molecule has 2 aromatic rings. The Balaban J connectivity index is 2.04. The first-order valence-corrected chi connectivity index (χ1v) is 9.03. The molecule has 0 bridgehead atoms. The van der Waals surface area contributed by atoms with E-state index in [4.69, 9.17) is 4.74 Å². The Morgan fingerprint density at radius 2 is 2.12 bits per heavy atom. The van der Waals surface area contributed by atoms with Crippen LogP contribution in [0.15, 0.2) is 11.2 Å². The average molecular weight is 351 g/mol. The van der Waals surface area contributed by atoms with Gasteiger partial charge in [0, 0.05) is 37.2 Å². The minimum atomic E-state index is 0.101. The van der Waals surface area contributed by atoms with Gasteiger partial charge in [0.25, 0.3) is 0 Å². The van der Waals surface area contributed by atoms with E-state index in [-0.39, 0.29) is 11.8 Å². The van der Waals surface area contributed by atoms with Crippen molar-refractivity contribution in [2.24, 2.45) is 0 Å². The zero-order valence-electron chi connectivity index (χ0n) is 14.9. The van der Waals surface area contributed by atoms with Gasteiger partial charge in [-0.3, -0.25) is 4.79 Å². The number of hydrogen-bond donors (Lipinski definition) is 0. The van der Waals surface area contributed by atoms with E-state index in [9.17, 15) is 4.79 Å². The quantitative estimate of drug-likeness (QED) is 0.393. The second-order valence-corrected chi connectivity index (χ2v) is 6.94. The van der Waals surface area contributed by atoms with E-state index in [2.05, 4.69) is 20.1 Å². The summed E-state index contributed by atoms with van der Waals surface area (Å²) in [6.45, 7) is 9.62. The third-order valence-electron chi connectivity index (χ3n) is 3.89. The minimum Gasteiger partial charge on any atom is -0.385 e. The monoisotopic (exact) mass is 351 g/mol. The molecule has 24 heavy (non-hydrogen) atoms. The molecular formula is C16H25N5O2S. The van der Waals surface area contributed by atoms with Crippen LogP contribution >= 0.6 is 11.8 Å². The number of Topliss-reactive ketones (excluding diaryl/α,β-unsaturated/α-hetero) is 1. The molecule has 0 saturated heterocycles. The molecule has 0 amide bonds. The molecule has 132 valence electrons. The highest BCUT2D eigenvalue weighted by Gasteiger charge is 2.18. The van der Waals surface area contributed by atoms with E-state index < -0.39 is 0 Å². The third-order valence-corrected chi connectivity index (χ3v) is 4.82. The van der Waals surface area contributed by atoms with Crippen molar-refractivity contribution in [1.82, 2.24) is 24.8 Å². The first-order chi connectivity index (χ1) is 11.5. The molecule has 2 rings (SSSR count). The fraction of sp³-hybridized carbons (Fsp3) is 0.625. The third kappa shape index (κ3) is 4.24. The molecule has 7 nitrogen and oxygen atoms in total. The summed E-state index contributed by atoms with van der Waals surface area (Å²) in [5, 5.41) is 12.3. The Morgan fingerprint density at radius 3 is 2.79 bits per heavy atom. The van der Waals surface area contributed by atoms with Crippen LogP contribution in [0.4, 0.5) is 0 Å². The lowest BCUT2D eigenvalue weighted by atomic mass is 10.2. The minimum absolute atomic E-state index is 0.101. The summed E-state index contributed by atoms with van der Waals surface area (Å²) in [6.07, 6.45) is 0.929. The molecule has 0 aliphatic rings. The highest BCUT2D eigenvalue weighted by Crippen LogP contribution is 2.22. The number of ether oxygens (including phenoxy) is 1. The van der Waals surface area contributed by atoms with Gasteiger partial charge in [-0.2, -0.15) is 0 Å². The lowest BCUT2D eigenvalue weighted by Gasteiger charge is -2.09. The fourth-order valence-electron chi connectivity index (χ4n) is 2.61. The maximum atomic E-state index is 12.6. The van der Waals surface area contributed by atoms with E-state index in [1.54, 1.807) is 11.8 Å². The van der Waals surface area contributed by atoms with Crippen molar-refractivity contribution in [3.8, 4) is 0 Å². The maximum Gasteiger partial charge on any atom is 0.209 e. The molecule has 0 atom stereocenters. The van der Waals surface area contributed by atoms with E-state index in [1.807, 2.05) is 33.8 Å². The second kappa shape index (κ2) is 8.43. The van der Waals surface area contributed by atoms with Crippen molar-refractivity contribution in [2.45, 2.75) is 51.9 Å². The zero-order valence-corrected chi connectivity index (χ0v) is 15.8. The average Bonchev–Trinajstić information content (AvgIpc) is 3.12. The number of ketones is 1. The normalized spacial score (nSPS) is 11.4. The Labute approximate surface area is 146 Å². The largest absolute Gasteiger partial charge is 0.385 e. The topological polar surface area (TPSA) is 74.8 Å². The van der Waals surface area contributed by atoms with Crippen LogP contribution in [0.5, 0.6) is 0 Å². The molecule has 0 unspecified atom stereocenters. The van der Waals surface area contributed by atoms with Crippen LogP contribution in [-0.4, -0.2) is 50.0 Å². The smallest absolute Gasteiger partial charge is 0.209 e. The molecule has 2 heterocycles. The van der Waals surface area contributed by atoms with Crippen LogP contribution in [0.3, 0.4) is 0 Å². The van der Waals surface area contributed by atoms with Crippen molar-refractivity contribution in [1.29, 1.82) is 0 Å². The molecule has 0 spiro atoms. The molecule has 0 N–H and O–H groups in total. The summed E-state index contributed by atoms with van der Waals surface area (Å²) in [7, 11) is 1.70. The van der Waals surface area contributed by atoms with Gasteiger partial charge in [0.15, 0.2) is 5.78 Å². The number of carbonyl (C=O) groups excluding carboxylic acids is 1. The Hall–Kier alpha value is -1.67. The number of tetrazole rings is 1. The molecule has 0 aliphatic carbocycles. The molecule has 0 saturated carbocycles. The number of aromatic nitrogens is 5. The van der Waals surface area contributed by atoms with Gasteiger partial charge >= 0.3 is 0 Å². The van der Waals surface area contributed by atoms with Gasteiger partial charge in [0.05, 0.1) is 11.8 Å². The Kier molecular flexibility index (Phi) is 6.56. The van der Waals surface area contributed by atoms with E-state index in [1.165, 1.54) is 11.8 Å². The van der Waals surface area contributed by atoms with Gasteiger partial charge in [-0.25, -0.2) is 4.68 Å². The van der Waals surface area contributed by atoms with Gasteiger partial charge in [-0.15, -0.1) is 5.10 Å². The predicted octanol–water partition coefficient (Wildman–Crippen LogP) is 2.68. The first kappa shape index (κ1) is 18.7. The van der Waals surface area contributed by atoms with Crippen LogP contribution in [0, 0.1) is 13.8 Å². The van der Waals surface area contributed by atoms with Crippen molar-refractivity contribution < 1.29 is 9.53 Å². The van der Waals surface area contributed by atoms with Crippen LogP contribution in [0.2, 0.25) is 0 Å². The molecule has 0 aromatic carbocycles. The summed E-state index contributed by atoms with van der Waals surface area (Å²) in [6, 6.07) is 2.14. The summed E-state index contributed by atoms with van der Waals surface area (Å²) in [5.74, 6) is 0.430. The summed E-state index contributed by atoms with van der Waals surface area (Å²) < 4.78 is 9.01. The molecule has 2 aromatic heterocycles. The SMILES string of the molecule is COCCCn1c(C)cc(C(=O)CSc2nnnn2C(C)C)c1C. The van der Waals surface area contributed by atoms with Crippen LogP contribution in [0.1, 0.15) is 48.1 Å². The number of nitrogens with zero attached hydrogens (tertiary/aromatic N) is 5. The number of methoxy groups -OCH3 is 1. The molecule has 0 radical (unpaired) electrons. The fourth-order valence-corrected chi connectivity index (χ4v) is 3.50. The molecule has 0 fully saturated rings. The molecule has 0 aliphatic heterocycles. The number of hydrogen-bond acceptors (Lipinski definition) is 6. The summed E-state index contributed by atoms with van der Waals surface area (Å²) >= 11 is 1.38. The standard InChI is InChI=1S/C16H25N5O2S/c1-11(2)21-16(17-18-19-21)24-10-15(22)14-9-12(3)20(13(14)4)7-6-8-23-5/h9,11H,6-8,10H2,1-5H3. The van der Waals surface area contributed by atoms with Crippen LogP contribution in [-0.2, 0) is 11.3 Å². The number of thioether (sulfide) groups is 1. The van der Waals surface area contributed by atoms with Gasteiger partial charge in [-0.1, -0.05) is 11.8 Å². The van der Waals surface area contributed by atoms with E-state index in [0.29, 0.717) is 17.5 Å². The Bertz CT molecular complexity index is 693. The summed E-state index contributed by atoms with van der Waals surface area (Å²) in [5.41, 5.74) is 2.89. The van der Waals surface area contributed by atoms with Crippen molar-refractivity contribution in [2.75, 3.05) is 19.5 Å². The van der Waals surface area contributed by atoms with E-state index in [0.717, 1.165) is 29.9 Å². The highest BCUT2D eigenvalue weighted by atomic mass is 32.2. The molecule has 8 heteroatoms. The van der Waals surface area contributed by atoms with Crippen LogP contribution in [0.25, 0.3) is 0 Å². The highest BCUT2D eigenvalue weighted by molar-refractivity contribution is 7.99. The Morgan fingerprint density at radius 1 is 1.38 bits per heavy atom. The zero-order chi connectivity index (χ0) is 17.7. The number of aryl methyl sites for hydroxylation is 1. The van der Waals surface area contributed by atoms with Gasteiger partial charge in [0.2, 0.25) is 5.16 Å². The van der Waals surface area contributed by atoms with Crippen molar-refractivity contribution in [3.63, 3.8) is 0 Å². The lowest BCUT2D eigenvalue weighted by molar-refractivity contribution is 0.102. The first-order valence-electron chi connectivity index (χ1n) is 8.05. The van der Waals surface area contributed by atoms with Gasteiger partial charge < -0.3 is 9.30 Å². The van der Waals surface area contributed by atoms with Gasteiger partial charge in [-0.05, 0) is 50.6 Å². The van der Waals surface area contributed by atoms with E-state index >= 15 is 0 Å². The number of carbonyl (C=O) groups is 1. The van der Waals surface area contributed by atoms with Gasteiger partial charge in [0.1, 0.15) is 0 Å². The second-order valence-electron chi connectivity index (χ2n) is 5.99.